The smallest absolute Gasteiger partial charge is 0.260 e. The summed E-state index contributed by atoms with van der Waals surface area (Å²) < 4.78 is 24.3. The number of rotatable bonds is 20. The normalized spacial score (nSPS) is 17.5. The molecule has 5 aromatic rings. The molecule has 0 aromatic heterocycles. The molecule has 394 valence electrons. The SMILES string of the molecule is CNC(=O)CCCSSC(C)(C)CCC(=O)NC(C)C(=O)Nc1cc(COc2cc3c(cc2OC)C(=O)N2c4ccccc4CC2CN3)cc(COc2cc3c(cc2OC)C(=O)N2c4ccccc4CC2[C@@H](O)N3)c1. The number of carbonyl (C=O) groups excluding carboxylic acids is 5. The number of hydrogen-bond donors (Lipinski definition) is 6. The highest BCUT2D eigenvalue weighted by Gasteiger charge is 2.42. The minimum atomic E-state index is -1.07. The quantitative estimate of drug-likeness (QED) is 0.0322. The number of hydrogen-bond acceptors (Lipinski definition) is 14. The monoisotopic (exact) mass is 1060 g/mol. The van der Waals surface area contributed by atoms with Gasteiger partial charge >= 0.3 is 0 Å². The molecule has 3 unspecified atom stereocenters. The first-order chi connectivity index (χ1) is 36.1. The van der Waals surface area contributed by atoms with Crippen molar-refractivity contribution in [3.8, 4) is 23.0 Å². The van der Waals surface area contributed by atoms with Gasteiger partial charge in [-0.1, -0.05) is 58.0 Å². The van der Waals surface area contributed by atoms with Crippen LogP contribution >= 0.6 is 21.6 Å². The minimum Gasteiger partial charge on any atom is -0.493 e. The van der Waals surface area contributed by atoms with Gasteiger partial charge in [-0.25, -0.2) is 0 Å². The molecule has 4 heterocycles. The van der Waals surface area contributed by atoms with Crippen LogP contribution in [-0.2, 0) is 40.4 Å². The third-order valence-electron chi connectivity index (χ3n) is 13.8. The first-order valence-corrected chi connectivity index (χ1v) is 27.4. The second kappa shape index (κ2) is 22.8. The van der Waals surface area contributed by atoms with Gasteiger partial charge in [-0.05, 0) is 111 Å². The number of aliphatic hydroxyl groups is 1. The Hall–Kier alpha value is -7.09. The highest BCUT2D eigenvalue weighted by Crippen LogP contribution is 2.44. The van der Waals surface area contributed by atoms with Crippen molar-refractivity contribution in [1.29, 1.82) is 0 Å². The molecule has 0 spiro atoms. The maximum atomic E-state index is 14.2. The van der Waals surface area contributed by atoms with Crippen LogP contribution in [0.1, 0.15) is 89.4 Å². The molecule has 19 heteroatoms. The van der Waals surface area contributed by atoms with Crippen LogP contribution in [0.4, 0.5) is 28.4 Å². The van der Waals surface area contributed by atoms with Crippen LogP contribution in [0.15, 0.2) is 91.0 Å². The Bertz CT molecular complexity index is 3010. The second-order valence-corrected chi connectivity index (χ2v) is 22.8. The second-order valence-electron chi connectivity index (χ2n) is 19.6. The lowest BCUT2D eigenvalue weighted by molar-refractivity contribution is -0.126. The fourth-order valence-electron chi connectivity index (χ4n) is 9.88. The summed E-state index contributed by atoms with van der Waals surface area (Å²) in [5, 5.41) is 26.5. The van der Waals surface area contributed by atoms with Crippen molar-refractivity contribution in [3.05, 3.63) is 124 Å². The Balaban J connectivity index is 0.922. The Labute approximate surface area is 444 Å². The average molecular weight is 1060 g/mol. The summed E-state index contributed by atoms with van der Waals surface area (Å²) >= 11 is 0. The van der Waals surface area contributed by atoms with Gasteiger partial charge in [0, 0.05) is 66.1 Å². The van der Waals surface area contributed by atoms with Crippen LogP contribution < -0.4 is 55.3 Å². The van der Waals surface area contributed by atoms with Crippen molar-refractivity contribution in [1.82, 2.24) is 10.6 Å². The van der Waals surface area contributed by atoms with Crippen molar-refractivity contribution in [3.63, 3.8) is 0 Å². The van der Waals surface area contributed by atoms with Crippen molar-refractivity contribution < 1.29 is 48.0 Å². The van der Waals surface area contributed by atoms with E-state index in [1.165, 1.54) is 14.2 Å². The van der Waals surface area contributed by atoms with E-state index in [0.717, 1.165) is 41.1 Å². The molecule has 0 saturated carbocycles. The van der Waals surface area contributed by atoms with E-state index in [9.17, 15) is 29.1 Å². The molecule has 5 amide bonds. The Morgan fingerprint density at radius 2 is 1.37 bits per heavy atom. The van der Waals surface area contributed by atoms with Crippen molar-refractivity contribution in [2.75, 3.05) is 59.3 Å². The zero-order chi connectivity index (χ0) is 53.0. The molecule has 4 atom stereocenters. The standard InChI is InChI=1S/C56H63N7O10S2/c1-32(59-51(65)17-18-56(2,3)75-74-19-11-16-50(64)57-4)52(66)60-37-21-33(30-72-48-27-41-39(25-46(48)70-5)54(68)62-38(29-58-41)23-35-12-7-9-14-43(35)62)20-34(22-37)31-73-49-28-42-40(26-47(49)71-6)55(69)63-44-15-10-8-13-36(44)24-45(63)53(67)61-42/h7-10,12-15,20-22,25-28,32,38,45,53,58,61,67H,11,16-19,23-24,29-31H2,1-6H3,(H,57,64)(H,59,65)(H,60,66)/t32?,38?,45?,53-/m1/s1. The van der Waals surface area contributed by atoms with Gasteiger partial charge in [-0.2, -0.15) is 0 Å². The molecule has 4 aliphatic heterocycles. The van der Waals surface area contributed by atoms with Gasteiger partial charge in [0.15, 0.2) is 23.0 Å². The number of nitrogens with zero attached hydrogens (tertiary/aromatic N) is 2. The largest absolute Gasteiger partial charge is 0.493 e. The Morgan fingerprint density at radius 1 is 0.773 bits per heavy atom. The third-order valence-corrected chi connectivity index (χ3v) is 17.2. The van der Waals surface area contributed by atoms with Crippen molar-refractivity contribution >= 4 is 79.6 Å². The molecular formula is C56H63N7O10S2. The van der Waals surface area contributed by atoms with E-state index in [1.54, 1.807) is 76.9 Å². The van der Waals surface area contributed by atoms with Crippen LogP contribution in [0.25, 0.3) is 0 Å². The molecule has 0 radical (unpaired) electrons. The summed E-state index contributed by atoms with van der Waals surface area (Å²) in [4.78, 5) is 70.3. The van der Waals surface area contributed by atoms with E-state index in [2.05, 4.69) is 46.5 Å². The van der Waals surface area contributed by atoms with E-state index in [1.807, 2.05) is 53.4 Å². The van der Waals surface area contributed by atoms with E-state index in [-0.39, 0.29) is 54.1 Å². The number of para-hydroxylation sites is 2. The van der Waals surface area contributed by atoms with Gasteiger partial charge < -0.3 is 60.4 Å². The fourth-order valence-corrected chi connectivity index (χ4v) is 12.5. The number of anilines is 5. The van der Waals surface area contributed by atoms with Gasteiger partial charge in [0.2, 0.25) is 17.7 Å². The lowest BCUT2D eigenvalue weighted by atomic mass is 10.1. The summed E-state index contributed by atoms with van der Waals surface area (Å²) in [6.07, 6.45) is 2.18. The number of fused-ring (bicyclic) bond motifs is 8. The van der Waals surface area contributed by atoms with Gasteiger partial charge in [-0.3, -0.25) is 24.0 Å². The highest BCUT2D eigenvalue weighted by molar-refractivity contribution is 8.77. The summed E-state index contributed by atoms with van der Waals surface area (Å²) in [7, 11) is 7.99. The average Bonchev–Trinajstić information content (AvgIpc) is 3.93. The fraction of sp³-hybridized carbons (Fsp3) is 0.375. The van der Waals surface area contributed by atoms with E-state index < -0.39 is 24.2 Å². The molecule has 0 fully saturated rings. The van der Waals surface area contributed by atoms with Crippen LogP contribution in [0, 0.1) is 0 Å². The lowest BCUT2D eigenvalue weighted by Crippen LogP contribution is -2.45. The predicted molar refractivity (Wildman–Crippen MR) is 294 cm³/mol. The van der Waals surface area contributed by atoms with Gasteiger partial charge in [0.1, 0.15) is 25.5 Å². The van der Waals surface area contributed by atoms with Crippen LogP contribution in [0.2, 0.25) is 0 Å². The summed E-state index contributed by atoms with van der Waals surface area (Å²) in [6, 6.07) is 26.2. The number of methoxy groups -OCH3 is 2. The van der Waals surface area contributed by atoms with Gasteiger partial charge in [0.25, 0.3) is 11.8 Å². The number of ether oxygens (including phenoxy) is 4. The number of nitrogens with one attached hydrogen (secondary N) is 5. The maximum Gasteiger partial charge on any atom is 0.260 e. The van der Waals surface area contributed by atoms with Crippen LogP contribution in [0.3, 0.4) is 0 Å². The van der Waals surface area contributed by atoms with Crippen LogP contribution in [0.5, 0.6) is 23.0 Å². The molecule has 5 aromatic carbocycles. The number of carbonyl (C=O) groups is 5. The third kappa shape index (κ3) is 11.7. The number of amides is 5. The van der Waals surface area contributed by atoms with E-state index >= 15 is 0 Å². The summed E-state index contributed by atoms with van der Waals surface area (Å²) in [6.45, 7) is 6.30. The van der Waals surface area contributed by atoms with Crippen LogP contribution in [-0.4, -0.2) is 97.3 Å². The predicted octanol–water partition coefficient (Wildman–Crippen LogP) is 8.08. The van der Waals surface area contributed by atoms with Crippen molar-refractivity contribution in [2.24, 2.45) is 0 Å². The Kier molecular flexibility index (Phi) is 16.0. The molecule has 9 rings (SSSR count). The highest BCUT2D eigenvalue weighted by atomic mass is 33.1. The van der Waals surface area contributed by atoms with Crippen molar-refractivity contribution in [2.45, 2.75) is 102 Å². The van der Waals surface area contributed by atoms with Gasteiger partial charge in [0.05, 0.1) is 48.8 Å². The molecule has 17 nitrogen and oxygen atoms in total. The molecule has 0 saturated heterocycles. The zero-order valence-electron chi connectivity index (χ0n) is 42.9. The van der Waals surface area contributed by atoms with E-state index in [0.29, 0.717) is 88.1 Å². The molecular weight excluding hydrogens is 995 g/mol. The van der Waals surface area contributed by atoms with E-state index in [4.69, 9.17) is 18.9 Å². The topological polar surface area (TPSA) is 209 Å². The molecule has 0 bridgehead atoms. The number of aliphatic hydroxyl groups excluding tert-OH is 1. The summed E-state index contributed by atoms with van der Waals surface area (Å²) in [5.74, 6) is 1.08. The zero-order valence-corrected chi connectivity index (χ0v) is 44.5. The lowest BCUT2D eigenvalue weighted by Gasteiger charge is -2.26. The maximum absolute atomic E-state index is 14.2. The van der Waals surface area contributed by atoms with Gasteiger partial charge in [-0.15, -0.1) is 0 Å². The first-order valence-electron chi connectivity index (χ1n) is 25.1. The first kappa shape index (κ1) is 52.8. The summed E-state index contributed by atoms with van der Waals surface area (Å²) in [5.41, 5.74) is 7.23. The number of benzene rings is 5. The molecule has 0 aliphatic carbocycles. The molecule has 4 aliphatic rings. The molecule has 75 heavy (non-hydrogen) atoms. The minimum absolute atomic E-state index is 0.0142. The molecule has 6 N–H and O–H groups in total. The Morgan fingerprint density at radius 3 is 2.03 bits per heavy atom.